The van der Waals surface area contributed by atoms with Crippen molar-refractivity contribution < 1.29 is 14.3 Å². The Kier molecular flexibility index (Phi) is 5.99. The topological polar surface area (TPSA) is 62.2 Å². The van der Waals surface area contributed by atoms with Gasteiger partial charge in [-0.05, 0) is 12.1 Å². The first-order chi connectivity index (χ1) is 13.4. The van der Waals surface area contributed by atoms with Crippen LogP contribution in [-0.4, -0.2) is 48.1 Å². The highest BCUT2D eigenvalue weighted by atomic mass is 35.5. The molecule has 7 heteroatoms. The summed E-state index contributed by atoms with van der Waals surface area (Å²) < 4.78 is 5.49. The van der Waals surface area contributed by atoms with Gasteiger partial charge in [-0.3, -0.25) is 9.59 Å². The minimum Gasteiger partial charge on any atom is -0.496 e. The molecular formula is C21H22ClN3O3. The number of carbonyl (C=O) groups is 2. The summed E-state index contributed by atoms with van der Waals surface area (Å²) >= 11 is 6.35. The average molecular weight is 400 g/mol. The van der Waals surface area contributed by atoms with Gasteiger partial charge in [-0.15, -0.1) is 0 Å². The molecule has 0 saturated heterocycles. The van der Waals surface area contributed by atoms with Gasteiger partial charge >= 0.3 is 0 Å². The number of hydrazone groups is 1. The third kappa shape index (κ3) is 4.02. The molecule has 0 unspecified atom stereocenters. The van der Waals surface area contributed by atoms with E-state index in [4.69, 9.17) is 16.3 Å². The third-order valence-corrected chi connectivity index (χ3v) is 5.09. The van der Waals surface area contributed by atoms with Crippen molar-refractivity contribution in [3.8, 4) is 5.75 Å². The Morgan fingerprint density at radius 1 is 1.21 bits per heavy atom. The number of benzene rings is 2. The molecule has 146 valence electrons. The lowest BCUT2D eigenvalue weighted by Crippen LogP contribution is -2.38. The van der Waals surface area contributed by atoms with Crippen molar-refractivity contribution in [2.75, 3.05) is 20.7 Å². The van der Waals surface area contributed by atoms with Gasteiger partial charge in [-0.25, -0.2) is 5.01 Å². The summed E-state index contributed by atoms with van der Waals surface area (Å²) in [5.41, 5.74) is 2.37. The molecule has 1 aliphatic rings. The van der Waals surface area contributed by atoms with E-state index in [1.54, 1.807) is 20.2 Å². The van der Waals surface area contributed by atoms with Crippen molar-refractivity contribution in [2.45, 2.75) is 19.4 Å². The van der Waals surface area contributed by atoms with Crippen molar-refractivity contribution in [2.24, 2.45) is 5.10 Å². The van der Waals surface area contributed by atoms with E-state index in [1.807, 2.05) is 42.5 Å². The molecule has 2 aromatic rings. The Balaban J connectivity index is 1.99. The molecule has 0 radical (unpaired) electrons. The van der Waals surface area contributed by atoms with Crippen molar-refractivity contribution in [1.82, 2.24) is 9.91 Å². The van der Waals surface area contributed by atoms with E-state index in [0.29, 0.717) is 17.2 Å². The fourth-order valence-corrected chi connectivity index (χ4v) is 3.41. The zero-order valence-corrected chi connectivity index (χ0v) is 16.8. The van der Waals surface area contributed by atoms with Crippen LogP contribution in [-0.2, 0) is 9.59 Å². The number of hydrogen-bond donors (Lipinski definition) is 0. The number of methoxy groups -OCH3 is 1. The minimum atomic E-state index is -0.338. The maximum absolute atomic E-state index is 13.0. The first-order valence-corrected chi connectivity index (χ1v) is 9.29. The Labute approximate surface area is 169 Å². The van der Waals surface area contributed by atoms with Gasteiger partial charge in [-0.1, -0.05) is 48.0 Å². The second-order valence-electron chi connectivity index (χ2n) is 6.60. The Hall–Kier alpha value is -2.86. The highest BCUT2D eigenvalue weighted by Crippen LogP contribution is 2.38. The predicted octanol–water partition coefficient (Wildman–Crippen LogP) is 3.50. The molecule has 1 atom stereocenters. The van der Waals surface area contributed by atoms with Crippen LogP contribution in [0.25, 0.3) is 0 Å². The van der Waals surface area contributed by atoms with Crippen LogP contribution in [0, 0.1) is 0 Å². The van der Waals surface area contributed by atoms with Crippen LogP contribution in [0.5, 0.6) is 5.75 Å². The zero-order valence-electron chi connectivity index (χ0n) is 16.1. The summed E-state index contributed by atoms with van der Waals surface area (Å²) in [6, 6.07) is 14.6. The van der Waals surface area contributed by atoms with E-state index in [2.05, 4.69) is 5.10 Å². The number of ether oxygens (including phenoxy) is 1. The minimum absolute atomic E-state index is 0.0553. The van der Waals surface area contributed by atoms with Crippen LogP contribution in [0.3, 0.4) is 0 Å². The van der Waals surface area contributed by atoms with Gasteiger partial charge in [0.1, 0.15) is 12.3 Å². The van der Waals surface area contributed by atoms with E-state index in [-0.39, 0.29) is 24.4 Å². The van der Waals surface area contributed by atoms with Crippen LogP contribution >= 0.6 is 11.6 Å². The van der Waals surface area contributed by atoms with Crippen LogP contribution in [0.1, 0.15) is 30.5 Å². The van der Waals surface area contributed by atoms with Gasteiger partial charge in [-0.2, -0.15) is 5.10 Å². The Morgan fingerprint density at radius 2 is 1.89 bits per heavy atom. The Bertz CT molecular complexity index is 929. The number of rotatable bonds is 5. The second-order valence-corrected chi connectivity index (χ2v) is 7.01. The van der Waals surface area contributed by atoms with E-state index < -0.39 is 0 Å². The standard InChI is InChI=1S/C21H22ClN3O3/c1-14(26)24(2)13-21(27)25-19(16-9-5-7-11-20(16)28-3)12-18(23-25)15-8-4-6-10-17(15)22/h4-11,19H,12-13H2,1-3H3/t19-/m0/s1. The molecule has 6 nitrogen and oxygen atoms in total. The smallest absolute Gasteiger partial charge is 0.262 e. The van der Waals surface area contributed by atoms with Gasteiger partial charge in [0.15, 0.2) is 0 Å². The molecule has 0 N–H and O–H groups in total. The summed E-state index contributed by atoms with van der Waals surface area (Å²) in [5, 5.41) is 6.61. The van der Waals surface area contributed by atoms with Crippen molar-refractivity contribution in [3.63, 3.8) is 0 Å². The molecule has 0 saturated carbocycles. The molecule has 0 spiro atoms. The molecule has 0 aromatic heterocycles. The lowest BCUT2D eigenvalue weighted by Gasteiger charge is -2.25. The highest BCUT2D eigenvalue weighted by molar-refractivity contribution is 6.34. The largest absolute Gasteiger partial charge is 0.496 e. The van der Waals surface area contributed by atoms with Gasteiger partial charge in [0.25, 0.3) is 5.91 Å². The van der Waals surface area contributed by atoms with E-state index in [1.165, 1.54) is 16.8 Å². The molecule has 28 heavy (non-hydrogen) atoms. The monoisotopic (exact) mass is 399 g/mol. The number of halogens is 1. The normalized spacial score (nSPS) is 15.9. The number of para-hydroxylation sites is 1. The van der Waals surface area contributed by atoms with Crippen LogP contribution < -0.4 is 4.74 Å². The quantitative estimate of drug-likeness (QED) is 0.773. The van der Waals surface area contributed by atoms with Crippen molar-refractivity contribution in [1.29, 1.82) is 0 Å². The van der Waals surface area contributed by atoms with Gasteiger partial charge < -0.3 is 9.64 Å². The predicted molar refractivity (Wildman–Crippen MR) is 108 cm³/mol. The lowest BCUT2D eigenvalue weighted by molar-refractivity contribution is -0.139. The van der Waals surface area contributed by atoms with Crippen LogP contribution in [0.15, 0.2) is 53.6 Å². The molecule has 0 aliphatic carbocycles. The SMILES string of the molecule is COc1ccccc1[C@@H]1CC(c2ccccc2Cl)=NN1C(=O)CN(C)C(C)=O. The second kappa shape index (κ2) is 8.44. The molecule has 1 heterocycles. The number of nitrogens with zero attached hydrogens (tertiary/aromatic N) is 3. The summed E-state index contributed by atoms with van der Waals surface area (Å²) in [7, 11) is 3.19. The average Bonchev–Trinajstić information content (AvgIpc) is 3.13. The molecular weight excluding hydrogens is 378 g/mol. The number of likely N-dealkylation sites (N-methyl/N-ethyl adjacent to an activating group) is 1. The number of hydrogen-bond acceptors (Lipinski definition) is 4. The van der Waals surface area contributed by atoms with Crippen LogP contribution in [0.2, 0.25) is 5.02 Å². The highest BCUT2D eigenvalue weighted by Gasteiger charge is 2.35. The van der Waals surface area contributed by atoms with E-state index >= 15 is 0 Å². The van der Waals surface area contributed by atoms with Crippen molar-refractivity contribution in [3.05, 3.63) is 64.7 Å². The van der Waals surface area contributed by atoms with E-state index in [0.717, 1.165) is 16.8 Å². The summed E-state index contributed by atoms with van der Waals surface area (Å²) in [6.45, 7) is 1.37. The van der Waals surface area contributed by atoms with Crippen LogP contribution in [0.4, 0.5) is 0 Å². The molecule has 1 aliphatic heterocycles. The summed E-state index contributed by atoms with van der Waals surface area (Å²) in [5.74, 6) is 0.230. The first-order valence-electron chi connectivity index (χ1n) is 8.91. The number of amides is 2. The summed E-state index contributed by atoms with van der Waals surface area (Å²) in [6.07, 6.45) is 0.500. The Morgan fingerprint density at radius 3 is 2.57 bits per heavy atom. The maximum atomic E-state index is 13.0. The third-order valence-electron chi connectivity index (χ3n) is 4.76. The molecule has 3 rings (SSSR count). The lowest BCUT2D eigenvalue weighted by atomic mass is 9.97. The fourth-order valence-electron chi connectivity index (χ4n) is 3.17. The van der Waals surface area contributed by atoms with Gasteiger partial charge in [0.05, 0.1) is 18.9 Å². The van der Waals surface area contributed by atoms with Crippen molar-refractivity contribution >= 4 is 29.1 Å². The van der Waals surface area contributed by atoms with Gasteiger partial charge in [0.2, 0.25) is 5.91 Å². The van der Waals surface area contributed by atoms with Gasteiger partial charge in [0, 0.05) is 36.5 Å². The maximum Gasteiger partial charge on any atom is 0.262 e. The number of carbonyl (C=O) groups excluding carboxylic acids is 2. The fraction of sp³-hybridized carbons (Fsp3) is 0.286. The zero-order chi connectivity index (χ0) is 20.3. The molecule has 2 amide bonds. The summed E-state index contributed by atoms with van der Waals surface area (Å²) in [4.78, 5) is 25.9. The molecule has 0 bridgehead atoms. The molecule has 2 aromatic carbocycles. The first kappa shape index (κ1) is 19.9. The molecule has 0 fully saturated rings. The van der Waals surface area contributed by atoms with E-state index in [9.17, 15) is 9.59 Å².